The molecule has 0 spiro atoms. The molecule has 0 saturated heterocycles. The predicted molar refractivity (Wildman–Crippen MR) is 98.8 cm³/mol. The number of hydrogen-bond donors (Lipinski definition) is 1. The summed E-state index contributed by atoms with van der Waals surface area (Å²) in [6, 6.07) is 29.5. The van der Waals surface area contributed by atoms with Crippen LogP contribution < -0.4 is 10.4 Å². The van der Waals surface area contributed by atoms with Crippen LogP contribution in [0.3, 0.4) is 0 Å². The summed E-state index contributed by atoms with van der Waals surface area (Å²) < 4.78 is 0. The minimum absolute atomic E-state index is 0.0360. The van der Waals surface area contributed by atoms with Crippen molar-refractivity contribution in [1.29, 1.82) is 0 Å². The van der Waals surface area contributed by atoms with Crippen LogP contribution in [0.5, 0.6) is 0 Å². The number of hydrogen-bond acceptors (Lipinski definition) is 2. The van der Waals surface area contributed by atoms with E-state index in [9.17, 15) is 4.79 Å². The van der Waals surface area contributed by atoms with Gasteiger partial charge in [0.2, 0.25) is 5.91 Å². The third-order valence-corrected chi connectivity index (χ3v) is 3.75. The number of amides is 1. The highest BCUT2D eigenvalue weighted by Gasteiger charge is 2.15. The Labute approximate surface area is 142 Å². The van der Waals surface area contributed by atoms with Gasteiger partial charge in [-0.05, 0) is 36.2 Å². The zero-order chi connectivity index (χ0) is 16.6. The van der Waals surface area contributed by atoms with E-state index in [1.807, 2.05) is 91.0 Å². The molecule has 3 heteroatoms. The smallest absolute Gasteiger partial charge is 0.245 e. The van der Waals surface area contributed by atoms with Gasteiger partial charge in [-0.3, -0.25) is 10.2 Å². The summed E-state index contributed by atoms with van der Waals surface area (Å²) in [5.74, 6) is 0.0360. The molecule has 1 N–H and O–H groups in total. The molecular weight excluding hydrogens is 296 g/mol. The fourth-order valence-corrected chi connectivity index (χ4v) is 2.50. The lowest BCUT2D eigenvalue weighted by Gasteiger charge is -2.24. The van der Waals surface area contributed by atoms with E-state index in [1.165, 1.54) is 5.56 Å². The minimum Gasteiger partial charge on any atom is -0.291 e. The van der Waals surface area contributed by atoms with Crippen LogP contribution in [-0.4, -0.2) is 5.91 Å². The van der Waals surface area contributed by atoms with E-state index in [-0.39, 0.29) is 5.91 Å². The third-order valence-electron chi connectivity index (χ3n) is 3.75. The number of carbonyl (C=O) groups excluding carboxylic acids is 1. The summed E-state index contributed by atoms with van der Waals surface area (Å²) in [6.45, 7) is 0. The fraction of sp³-hybridized carbons (Fsp3) is 0.0952. The van der Waals surface area contributed by atoms with Crippen molar-refractivity contribution < 1.29 is 4.79 Å². The molecular formula is C21H20N2O. The highest BCUT2D eigenvalue weighted by atomic mass is 16.2. The molecule has 0 atom stereocenters. The van der Waals surface area contributed by atoms with E-state index in [2.05, 4.69) is 5.43 Å². The molecule has 3 nitrogen and oxygen atoms in total. The zero-order valence-electron chi connectivity index (χ0n) is 13.4. The Morgan fingerprint density at radius 3 is 1.92 bits per heavy atom. The number of aryl methyl sites for hydroxylation is 1. The van der Waals surface area contributed by atoms with Gasteiger partial charge in [0.05, 0.1) is 11.4 Å². The SMILES string of the molecule is O=C(CCc1ccccc1)N(Nc1ccccc1)c1ccccc1. The Balaban J connectivity index is 1.75. The maximum Gasteiger partial charge on any atom is 0.245 e. The van der Waals surface area contributed by atoms with Gasteiger partial charge in [0.1, 0.15) is 0 Å². The lowest BCUT2D eigenvalue weighted by molar-refractivity contribution is -0.118. The largest absolute Gasteiger partial charge is 0.291 e. The third kappa shape index (κ3) is 4.23. The van der Waals surface area contributed by atoms with E-state index in [4.69, 9.17) is 0 Å². The van der Waals surface area contributed by atoms with Crippen LogP contribution in [0.1, 0.15) is 12.0 Å². The normalized spacial score (nSPS) is 10.2. The Bertz CT molecular complexity index is 758. The van der Waals surface area contributed by atoms with Gasteiger partial charge in [-0.15, -0.1) is 0 Å². The molecule has 0 aliphatic rings. The van der Waals surface area contributed by atoms with Crippen molar-refractivity contribution in [3.8, 4) is 0 Å². The Hall–Kier alpha value is -3.07. The first-order valence-corrected chi connectivity index (χ1v) is 8.06. The molecule has 120 valence electrons. The van der Waals surface area contributed by atoms with Crippen molar-refractivity contribution >= 4 is 17.3 Å². The van der Waals surface area contributed by atoms with Crippen LogP contribution in [0.15, 0.2) is 91.0 Å². The molecule has 3 aromatic rings. The highest BCUT2D eigenvalue weighted by Crippen LogP contribution is 2.18. The Morgan fingerprint density at radius 1 is 0.750 bits per heavy atom. The van der Waals surface area contributed by atoms with Gasteiger partial charge in [0, 0.05) is 6.42 Å². The molecule has 24 heavy (non-hydrogen) atoms. The molecule has 0 aromatic heterocycles. The molecule has 1 amide bonds. The Morgan fingerprint density at radius 2 is 1.29 bits per heavy atom. The van der Waals surface area contributed by atoms with Crippen molar-refractivity contribution in [3.05, 3.63) is 96.6 Å². The van der Waals surface area contributed by atoms with Crippen LogP contribution in [-0.2, 0) is 11.2 Å². The second kappa shape index (κ2) is 7.97. The van der Waals surface area contributed by atoms with Gasteiger partial charge in [-0.25, -0.2) is 5.01 Å². The number of para-hydroxylation sites is 2. The fourth-order valence-electron chi connectivity index (χ4n) is 2.50. The van der Waals surface area contributed by atoms with Crippen molar-refractivity contribution in [2.24, 2.45) is 0 Å². The van der Waals surface area contributed by atoms with Crippen LogP contribution in [0.4, 0.5) is 11.4 Å². The van der Waals surface area contributed by atoms with Gasteiger partial charge in [-0.1, -0.05) is 66.7 Å². The topological polar surface area (TPSA) is 32.3 Å². The summed E-state index contributed by atoms with van der Waals surface area (Å²) in [4.78, 5) is 12.8. The Kier molecular flexibility index (Phi) is 5.25. The van der Waals surface area contributed by atoms with E-state index in [1.54, 1.807) is 5.01 Å². The van der Waals surface area contributed by atoms with Gasteiger partial charge < -0.3 is 0 Å². The standard InChI is InChI=1S/C21H20N2O/c24-21(17-16-18-10-4-1-5-11-18)23(20-14-8-3-9-15-20)22-19-12-6-2-7-13-19/h1-15,22H,16-17H2. The van der Waals surface area contributed by atoms with Crippen LogP contribution >= 0.6 is 0 Å². The molecule has 0 aliphatic carbocycles. The van der Waals surface area contributed by atoms with Crippen LogP contribution in [0.25, 0.3) is 0 Å². The molecule has 0 fully saturated rings. The first-order chi connectivity index (χ1) is 11.8. The number of anilines is 2. The lowest BCUT2D eigenvalue weighted by Crippen LogP contribution is -2.36. The first kappa shape index (κ1) is 15.8. The van der Waals surface area contributed by atoms with E-state index in [0.29, 0.717) is 6.42 Å². The molecule has 0 bridgehead atoms. The number of rotatable bonds is 6. The quantitative estimate of drug-likeness (QED) is 0.670. The molecule has 0 aliphatic heterocycles. The van der Waals surface area contributed by atoms with Gasteiger partial charge in [-0.2, -0.15) is 0 Å². The van der Waals surface area contributed by atoms with Gasteiger partial charge >= 0.3 is 0 Å². The average molecular weight is 316 g/mol. The maximum absolute atomic E-state index is 12.8. The summed E-state index contributed by atoms with van der Waals surface area (Å²) in [6.07, 6.45) is 1.16. The van der Waals surface area contributed by atoms with Crippen LogP contribution in [0, 0.1) is 0 Å². The maximum atomic E-state index is 12.8. The number of carbonyl (C=O) groups is 1. The van der Waals surface area contributed by atoms with Crippen molar-refractivity contribution in [2.75, 3.05) is 10.4 Å². The number of benzene rings is 3. The number of hydrazine groups is 1. The molecule has 0 unspecified atom stereocenters. The van der Waals surface area contributed by atoms with E-state index < -0.39 is 0 Å². The summed E-state index contributed by atoms with van der Waals surface area (Å²) in [5.41, 5.74) is 6.10. The van der Waals surface area contributed by atoms with Crippen LogP contribution in [0.2, 0.25) is 0 Å². The molecule has 0 saturated carbocycles. The molecule has 0 heterocycles. The summed E-state index contributed by atoms with van der Waals surface area (Å²) in [7, 11) is 0. The molecule has 3 rings (SSSR count). The molecule has 3 aromatic carbocycles. The van der Waals surface area contributed by atoms with Gasteiger partial charge in [0.25, 0.3) is 0 Å². The highest BCUT2D eigenvalue weighted by molar-refractivity contribution is 5.95. The average Bonchev–Trinajstić information content (AvgIpc) is 2.66. The summed E-state index contributed by atoms with van der Waals surface area (Å²) >= 11 is 0. The van der Waals surface area contributed by atoms with Gasteiger partial charge in [0.15, 0.2) is 0 Å². The second-order valence-electron chi connectivity index (χ2n) is 5.53. The van der Waals surface area contributed by atoms with Crippen molar-refractivity contribution in [1.82, 2.24) is 0 Å². The predicted octanol–water partition coefficient (Wildman–Crippen LogP) is 4.68. The second-order valence-corrected chi connectivity index (χ2v) is 5.53. The van der Waals surface area contributed by atoms with Crippen molar-refractivity contribution in [2.45, 2.75) is 12.8 Å². The lowest BCUT2D eigenvalue weighted by atomic mass is 10.1. The zero-order valence-corrected chi connectivity index (χ0v) is 13.4. The minimum atomic E-state index is 0.0360. The first-order valence-electron chi connectivity index (χ1n) is 8.06. The van der Waals surface area contributed by atoms with Crippen molar-refractivity contribution in [3.63, 3.8) is 0 Å². The summed E-state index contributed by atoms with van der Waals surface area (Å²) in [5, 5.41) is 1.62. The number of nitrogens with zero attached hydrogens (tertiary/aromatic N) is 1. The van der Waals surface area contributed by atoms with E-state index in [0.717, 1.165) is 17.8 Å². The number of nitrogens with one attached hydrogen (secondary N) is 1. The van der Waals surface area contributed by atoms with E-state index >= 15 is 0 Å². The monoisotopic (exact) mass is 316 g/mol. The molecule has 0 radical (unpaired) electrons.